The van der Waals surface area contributed by atoms with E-state index in [1.165, 1.54) is 16.7 Å². The summed E-state index contributed by atoms with van der Waals surface area (Å²) in [5.41, 5.74) is 5.74. The molecule has 4 aromatic carbocycles. The molecule has 0 bridgehead atoms. The molecule has 0 N–H and O–H groups in total. The van der Waals surface area contributed by atoms with Crippen LogP contribution in [-0.4, -0.2) is 17.8 Å². The van der Waals surface area contributed by atoms with E-state index in [0.29, 0.717) is 0 Å². The molecular formula is C28H24N2O. The second kappa shape index (κ2) is 8.49. The summed E-state index contributed by atoms with van der Waals surface area (Å²) in [5.74, 6) is 1.79. The summed E-state index contributed by atoms with van der Waals surface area (Å²) in [6.45, 7) is 0.763. The van der Waals surface area contributed by atoms with E-state index in [0.717, 1.165) is 29.4 Å². The zero-order chi connectivity index (χ0) is 21.0. The number of hydrogen-bond donors (Lipinski definition) is 0. The number of aliphatic imine (C=N–C) groups is 1. The molecule has 1 aliphatic heterocycles. The zero-order valence-corrected chi connectivity index (χ0v) is 17.5. The quantitative estimate of drug-likeness (QED) is 0.386. The summed E-state index contributed by atoms with van der Waals surface area (Å²) in [5, 5.41) is 0. The van der Waals surface area contributed by atoms with Gasteiger partial charge in [-0.1, -0.05) is 97.1 Å². The fourth-order valence-electron chi connectivity index (χ4n) is 4.21. The third kappa shape index (κ3) is 3.82. The van der Waals surface area contributed by atoms with E-state index in [1.807, 2.05) is 18.2 Å². The van der Waals surface area contributed by atoms with Gasteiger partial charge in [0.1, 0.15) is 11.6 Å². The minimum absolute atomic E-state index is 0.0509. The van der Waals surface area contributed by atoms with Gasteiger partial charge in [-0.15, -0.1) is 0 Å². The molecule has 0 aliphatic carbocycles. The van der Waals surface area contributed by atoms with Gasteiger partial charge in [-0.25, -0.2) is 4.99 Å². The van der Waals surface area contributed by atoms with Crippen LogP contribution in [0.15, 0.2) is 114 Å². The number of amidine groups is 1. The van der Waals surface area contributed by atoms with Crippen molar-refractivity contribution in [3.8, 4) is 5.75 Å². The van der Waals surface area contributed by atoms with Crippen molar-refractivity contribution < 1.29 is 4.74 Å². The van der Waals surface area contributed by atoms with Gasteiger partial charge in [-0.3, -0.25) is 0 Å². The van der Waals surface area contributed by atoms with E-state index >= 15 is 0 Å². The molecule has 3 heteroatoms. The summed E-state index contributed by atoms with van der Waals surface area (Å²) >= 11 is 0. The van der Waals surface area contributed by atoms with Gasteiger partial charge in [0.15, 0.2) is 0 Å². The highest BCUT2D eigenvalue weighted by Gasteiger charge is 2.32. The van der Waals surface area contributed by atoms with E-state index in [9.17, 15) is 0 Å². The minimum Gasteiger partial charge on any atom is -0.497 e. The van der Waals surface area contributed by atoms with E-state index in [-0.39, 0.29) is 6.04 Å². The highest BCUT2D eigenvalue weighted by Crippen LogP contribution is 2.42. The predicted molar refractivity (Wildman–Crippen MR) is 126 cm³/mol. The molecule has 0 spiro atoms. The van der Waals surface area contributed by atoms with Gasteiger partial charge in [0.2, 0.25) is 0 Å². The Morgan fingerprint density at radius 2 is 1.42 bits per heavy atom. The molecule has 0 fully saturated rings. The van der Waals surface area contributed by atoms with Gasteiger partial charge in [0.25, 0.3) is 0 Å². The van der Waals surface area contributed by atoms with Crippen molar-refractivity contribution in [2.75, 3.05) is 7.11 Å². The smallest absolute Gasteiger partial charge is 0.137 e. The van der Waals surface area contributed by atoms with Gasteiger partial charge in [-0.05, 0) is 17.2 Å². The molecular weight excluding hydrogens is 380 g/mol. The van der Waals surface area contributed by atoms with Crippen molar-refractivity contribution in [3.63, 3.8) is 0 Å². The Kier molecular flexibility index (Phi) is 5.24. The van der Waals surface area contributed by atoms with Crippen molar-refractivity contribution in [1.82, 2.24) is 4.90 Å². The first-order valence-electron chi connectivity index (χ1n) is 10.5. The van der Waals surface area contributed by atoms with Crippen LogP contribution in [0.25, 0.3) is 0 Å². The van der Waals surface area contributed by atoms with Crippen molar-refractivity contribution >= 4 is 11.5 Å². The Morgan fingerprint density at radius 3 is 2.10 bits per heavy atom. The van der Waals surface area contributed by atoms with Crippen LogP contribution in [0.5, 0.6) is 5.75 Å². The second-order valence-corrected chi connectivity index (χ2v) is 7.65. The van der Waals surface area contributed by atoms with Crippen LogP contribution < -0.4 is 4.74 Å². The van der Waals surface area contributed by atoms with Gasteiger partial charge < -0.3 is 9.64 Å². The Labute approximate surface area is 183 Å². The van der Waals surface area contributed by atoms with Crippen molar-refractivity contribution in [1.29, 1.82) is 0 Å². The molecule has 1 heterocycles. The van der Waals surface area contributed by atoms with E-state index in [2.05, 4.69) is 95.9 Å². The summed E-state index contributed by atoms with van der Waals surface area (Å²) in [7, 11) is 1.70. The average molecular weight is 405 g/mol. The predicted octanol–water partition coefficient (Wildman–Crippen LogP) is 6.38. The van der Waals surface area contributed by atoms with Crippen LogP contribution >= 0.6 is 0 Å². The highest BCUT2D eigenvalue weighted by atomic mass is 16.5. The largest absolute Gasteiger partial charge is 0.497 e. The molecule has 0 radical (unpaired) electrons. The average Bonchev–Trinajstić information content (AvgIpc) is 2.85. The van der Waals surface area contributed by atoms with E-state index in [4.69, 9.17) is 9.73 Å². The fourth-order valence-corrected chi connectivity index (χ4v) is 4.21. The SMILES string of the molecule is COc1ccc2c(c1)N=C(c1ccccc1)N(Cc1ccccc1)C2c1ccccc1. The molecule has 5 rings (SSSR count). The molecule has 1 atom stereocenters. The van der Waals surface area contributed by atoms with Crippen LogP contribution in [0.2, 0.25) is 0 Å². The first kappa shape index (κ1) is 19.1. The molecule has 0 amide bonds. The molecule has 4 aromatic rings. The number of fused-ring (bicyclic) bond motifs is 1. The Hall–Kier alpha value is -3.85. The summed E-state index contributed by atoms with van der Waals surface area (Å²) in [6.07, 6.45) is 0. The number of hydrogen-bond acceptors (Lipinski definition) is 3. The highest BCUT2D eigenvalue weighted by molar-refractivity contribution is 6.02. The number of ether oxygens (including phenoxy) is 1. The van der Waals surface area contributed by atoms with Gasteiger partial charge in [0, 0.05) is 23.7 Å². The first-order chi connectivity index (χ1) is 15.3. The van der Waals surface area contributed by atoms with Crippen molar-refractivity contribution in [3.05, 3.63) is 131 Å². The third-order valence-corrected chi connectivity index (χ3v) is 5.69. The molecule has 0 saturated heterocycles. The standard InChI is InChI=1S/C28H24N2O/c1-31-24-17-18-25-26(19-24)29-28(23-15-9-4-10-16-23)30(20-21-11-5-2-6-12-21)27(25)22-13-7-3-8-14-22/h2-19,27H,20H2,1H3. The topological polar surface area (TPSA) is 24.8 Å². The van der Waals surface area contributed by atoms with Crippen molar-refractivity contribution in [2.24, 2.45) is 4.99 Å². The lowest BCUT2D eigenvalue weighted by molar-refractivity contribution is 0.344. The molecule has 0 saturated carbocycles. The lowest BCUT2D eigenvalue weighted by Crippen LogP contribution is -2.38. The Bertz CT molecular complexity index is 1190. The Balaban J connectivity index is 1.72. The molecule has 31 heavy (non-hydrogen) atoms. The zero-order valence-electron chi connectivity index (χ0n) is 17.5. The second-order valence-electron chi connectivity index (χ2n) is 7.65. The number of benzene rings is 4. The lowest BCUT2D eigenvalue weighted by atomic mass is 9.92. The molecule has 0 aromatic heterocycles. The maximum atomic E-state index is 5.50. The molecule has 3 nitrogen and oxygen atoms in total. The first-order valence-corrected chi connectivity index (χ1v) is 10.5. The maximum Gasteiger partial charge on any atom is 0.137 e. The number of rotatable bonds is 5. The monoisotopic (exact) mass is 404 g/mol. The van der Waals surface area contributed by atoms with Crippen molar-refractivity contribution in [2.45, 2.75) is 12.6 Å². The van der Waals surface area contributed by atoms with Gasteiger partial charge in [-0.2, -0.15) is 0 Å². The summed E-state index contributed by atoms with van der Waals surface area (Å²) in [4.78, 5) is 7.55. The van der Waals surface area contributed by atoms with Crippen LogP contribution in [-0.2, 0) is 6.54 Å². The van der Waals surface area contributed by atoms with Gasteiger partial charge >= 0.3 is 0 Å². The summed E-state index contributed by atoms with van der Waals surface area (Å²) in [6, 6.07) is 38.0. The van der Waals surface area contributed by atoms with E-state index in [1.54, 1.807) is 7.11 Å². The fraction of sp³-hybridized carbons (Fsp3) is 0.107. The van der Waals surface area contributed by atoms with Crippen LogP contribution in [0.3, 0.4) is 0 Å². The molecule has 1 aliphatic rings. The maximum absolute atomic E-state index is 5.50. The summed E-state index contributed by atoms with van der Waals surface area (Å²) < 4.78 is 5.50. The minimum atomic E-state index is 0.0509. The number of methoxy groups -OCH3 is 1. The Morgan fingerprint density at radius 1 is 0.774 bits per heavy atom. The van der Waals surface area contributed by atoms with Crippen LogP contribution in [0.1, 0.15) is 28.3 Å². The number of nitrogens with zero attached hydrogens (tertiary/aromatic N) is 2. The van der Waals surface area contributed by atoms with Crippen LogP contribution in [0, 0.1) is 0 Å². The third-order valence-electron chi connectivity index (χ3n) is 5.69. The van der Waals surface area contributed by atoms with Crippen LogP contribution in [0.4, 0.5) is 5.69 Å². The molecule has 1 unspecified atom stereocenters. The van der Waals surface area contributed by atoms with Gasteiger partial charge in [0.05, 0.1) is 18.8 Å². The lowest BCUT2D eigenvalue weighted by Gasteiger charge is -2.39. The van der Waals surface area contributed by atoms with E-state index < -0.39 is 0 Å². The normalized spacial score (nSPS) is 15.2. The molecule has 152 valence electrons.